The fraction of sp³-hybridized carbons (Fsp3) is 0.0909. The fourth-order valence-corrected chi connectivity index (χ4v) is 3.87. The number of nitrogens with zero attached hydrogens (tertiary/aromatic N) is 2. The van der Waals surface area contributed by atoms with Crippen LogP contribution in [0, 0.1) is 6.92 Å². The monoisotopic (exact) mass is 452 g/mol. The number of thiazole rings is 1. The van der Waals surface area contributed by atoms with Crippen LogP contribution in [0.1, 0.15) is 21.7 Å². The van der Waals surface area contributed by atoms with Crippen molar-refractivity contribution < 1.29 is 9.21 Å². The molecular formula is C22H17BrN2O2S. The van der Waals surface area contributed by atoms with Gasteiger partial charge in [0, 0.05) is 21.0 Å². The molecule has 0 radical (unpaired) electrons. The van der Waals surface area contributed by atoms with Crippen LogP contribution in [0.15, 0.2) is 81.2 Å². The number of aryl methyl sites for hydroxylation is 1. The minimum absolute atomic E-state index is 0.117. The first-order valence-corrected chi connectivity index (χ1v) is 10.4. The number of hydrogen-bond donors (Lipinski definition) is 0. The summed E-state index contributed by atoms with van der Waals surface area (Å²) in [5.74, 6) is 0.589. The molecule has 0 fully saturated rings. The number of halogens is 1. The Labute approximate surface area is 175 Å². The van der Waals surface area contributed by atoms with Crippen LogP contribution in [0.3, 0.4) is 0 Å². The van der Waals surface area contributed by atoms with Gasteiger partial charge in [-0.1, -0.05) is 45.8 Å². The second-order valence-electron chi connectivity index (χ2n) is 6.36. The van der Waals surface area contributed by atoms with Gasteiger partial charge in [0.2, 0.25) is 0 Å². The molecule has 2 aromatic carbocycles. The quantitative estimate of drug-likeness (QED) is 0.355. The lowest BCUT2D eigenvalue weighted by atomic mass is 10.1. The molecule has 2 heterocycles. The largest absolute Gasteiger partial charge is 0.467 e. The number of anilines is 1. The predicted octanol–water partition coefficient (Wildman–Crippen LogP) is 6.32. The first kappa shape index (κ1) is 18.7. The second kappa shape index (κ2) is 8.12. The topological polar surface area (TPSA) is 46.3 Å². The van der Waals surface area contributed by atoms with Crippen LogP contribution in [0.4, 0.5) is 5.13 Å². The molecule has 28 heavy (non-hydrogen) atoms. The zero-order chi connectivity index (χ0) is 19.5. The van der Waals surface area contributed by atoms with Crippen molar-refractivity contribution in [3.63, 3.8) is 0 Å². The molecule has 0 saturated carbocycles. The molecule has 140 valence electrons. The predicted molar refractivity (Wildman–Crippen MR) is 116 cm³/mol. The van der Waals surface area contributed by atoms with Gasteiger partial charge in [0.25, 0.3) is 5.91 Å². The zero-order valence-electron chi connectivity index (χ0n) is 15.1. The highest BCUT2D eigenvalue weighted by molar-refractivity contribution is 9.10. The van der Waals surface area contributed by atoms with E-state index in [0.717, 1.165) is 15.7 Å². The Balaban J connectivity index is 1.68. The minimum atomic E-state index is -0.117. The molecule has 0 unspecified atom stereocenters. The van der Waals surface area contributed by atoms with Crippen LogP contribution >= 0.6 is 27.3 Å². The molecule has 0 N–H and O–H groups in total. The van der Waals surface area contributed by atoms with E-state index < -0.39 is 0 Å². The van der Waals surface area contributed by atoms with Gasteiger partial charge < -0.3 is 4.42 Å². The summed E-state index contributed by atoms with van der Waals surface area (Å²) in [4.78, 5) is 19.6. The second-order valence-corrected chi connectivity index (χ2v) is 8.11. The maximum Gasteiger partial charge on any atom is 0.260 e. The molecule has 4 nitrogen and oxygen atoms in total. The van der Waals surface area contributed by atoms with E-state index in [-0.39, 0.29) is 5.91 Å². The Kier molecular flexibility index (Phi) is 5.41. The SMILES string of the molecule is Cc1ccc(-c2csc(N(Cc3ccco3)C(=O)c3ccc(Br)cc3)n2)cc1. The van der Waals surface area contributed by atoms with Crippen molar-refractivity contribution in [3.8, 4) is 11.3 Å². The van der Waals surface area contributed by atoms with E-state index in [0.29, 0.717) is 23.0 Å². The van der Waals surface area contributed by atoms with Crippen molar-refractivity contribution in [2.45, 2.75) is 13.5 Å². The minimum Gasteiger partial charge on any atom is -0.467 e. The molecule has 4 rings (SSSR count). The average molecular weight is 453 g/mol. The highest BCUT2D eigenvalue weighted by atomic mass is 79.9. The van der Waals surface area contributed by atoms with Crippen molar-refractivity contribution in [2.24, 2.45) is 0 Å². The first-order valence-electron chi connectivity index (χ1n) is 8.72. The molecule has 0 atom stereocenters. The molecular weight excluding hydrogens is 436 g/mol. The molecule has 0 aliphatic rings. The van der Waals surface area contributed by atoms with Gasteiger partial charge in [-0.05, 0) is 43.3 Å². The lowest BCUT2D eigenvalue weighted by molar-refractivity contribution is 0.0983. The molecule has 6 heteroatoms. The van der Waals surface area contributed by atoms with E-state index in [4.69, 9.17) is 9.40 Å². The summed E-state index contributed by atoms with van der Waals surface area (Å²) in [6.07, 6.45) is 1.61. The van der Waals surface area contributed by atoms with E-state index in [2.05, 4.69) is 35.0 Å². The molecule has 0 saturated heterocycles. The Morgan fingerprint density at radius 3 is 2.54 bits per heavy atom. The van der Waals surface area contributed by atoms with Gasteiger partial charge in [0.05, 0.1) is 18.5 Å². The van der Waals surface area contributed by atoms with E-state index >= 15 is 0 Å². The normalized spacial score (nSPS) is 10.8. The summed E-state index contributed by atoms with van der Waals surface area (Å²) in [5.41, 5.74) is 3.68. The summed E-state index contributed by atoms with van der Waals surface area (Å²) >= 11 is 4.86. The number of furan rings is 1. The highest BCUT2D eigenvalue weighted by Crippen LogP contribution is 2.30. The number of carbonyl (C=O) groups is 1. The average Bonchev–Trinajstić information content (AvgIpc) is 3.39. The smallest absolute Gasteiger partial charge is 0.260 e. The standard InChI is InChI=1S/C22H17BrN2O2S/c1-15-4-6-16(7-5-15)20-14-28-22(24-20)25(13-19-3-2-12-27-19)21(26)17-8-10-18(23)11-9-17/h2-12,14H,13H2,1H3. The van der Waals surface area contributed by atoms with Crippen molar-refractivity contribution >= 4 is 38.3 Å². The van der Waals surface area contributed by atoms with Crippen molar-refractivity contribution in [2.75, 3.05) is 4.90 Å². The van der Waals surface area contributed by atoms with Gasteiger partial charge >= 0.3 is 0 Å². The van der Waals surface area contributed by atoms with Crippen molar-refractivity contribution in [1.29, 1.82) is 0 Å². The lowest BCUT2D eigenvalue weighted by Gasteiger charge is -2.19. The summed E-state index contributed by atoms with van der Waals surface area (Å²) < 4.78 is 6.40. The Bertz CT molecular complexity index is 1070. The number of aromatic nitrogens is 1. The van der Waals surface area contributed by atoms with Crippen LogP contribution < -0.4 is 4.90 Å². The van der Waals surface area contributed by atoms with E-state index in [1.165, 1.54) is 16.9 Å². The number of amides is 1. The summed E-state index contributed by atoms with van der Waals surface area (Å²) in [6.45, 7) is 2.38. The van der Waals surface area contributed by atoms with Crippen LogP contribution in [-0.2, 0) is 6.54 Å². The summed E-state index contributed by atoms with van der Waals surface area (Å²) in [7, 11) is 0. The molecule has 0 aliphatic carbocycles. The third-order valence-electron chi connectivity index (χ3n) is 4.30. The lowest BCUT2D eigenvalue weighted by Crippen LogP contribution is -2.30. The van der Waals surface area contributed by atoms with Gasteiger partial charge in [-0.15, -0.1) is 11.3 Å². The van der Waals surface area contributed by atoms with Gasteiger partial charge in [-0.25, -0.2) is 4.98 Å². The van der Waals surface area contributed by atoms with E-state index in [1.807, 2.05) is 41.8 Å². The highest BCUT2D eigenvalue weighted by Gasteiger charge is 2.22. The van der Waals surface area contributed by atoms with Crippen LogP contribution in [0.5, 0.6) is 0 Å². The Morgan fingerprint density at radius 1 is 1.11 bits per heavy atom. The Hall–Kier alpha value is -2.70. The molecule has 1 amide bonds. The summed E-state index contributed by atoms with van der Waals surface area (Å²) in [5, 5.41) is 2.61. The number of rotatable bonds is 5. The van der Waals surface area contributed by atoms with Gasteiger partial charge in [-0.3, -0.25) is 9.69 Å². The summed E-state index contributed by atoms with van der Waals surface area (Å²) in [6, 6.07) is 19.2. The Morgan fingerprint density at radius 2 is 1.86 bits per heavy atom. The van der Waals surface area contributed by atoms with Gasteiger partial charge in [-0.2, -0.15) is 0 Å². The van der Waals surface area contributed by atoms with E-state index in [1.54, 1.807) is 23.3 Å². The molecule has 0 spiro atoms. The van der Waals surface area contributed by atoms with Gasteiger partial charge in [0.15, 0.2) is 5.13 Å². The maximum absolute atomic E-state index is 13.2. The first-order chi connectivity index (χ1) is 13.6. The van der Waals surface area contributed by atoms with Crippen LogP contribution in [-0.4, -0.2) is 10.9 Å². The van der Waals surface area contributed by atoms with Crippen molar-refractivity contribution in [1.82, 2.24) is 4.98 Å². The maximum atomic E-state index is 13.2. The number of carbonyl (C=O) groups excluding carboxylic acids is 1. The van der Waals surface area contributed by atoms with Crippen LogP contribution in [0.2, 0.25) is 0 Å². The number of hydrogen-bond acceptors (Lipinski definition) is 4. The molecule has 4 aromatic rings. The van der Waals surface area contributed by atoms with Gasteiger partial charge in [0.1, 0.15) is 5.76 Å². The molecule has 0 bridgehead atoms. The van der Waals surface area contributed by atoms with E-state index in [9.17, 15) is 4.79 Å². The third-order valence-corrected chi connectivity index (χ3v) is 5.69. The van der Waals surface area contributed by atoms with Crippen LogP contribution in [0.25, 0.3) is 11.3 Å². The zero-order valence-corrected chi connectivity index (χ0v) is 17.5. The van der Waals surface area contributed by atoms with Crippen molar-refractivity contribution in [3.05, 3.63) is 93.7 Å². The third kappa shape index (κ3) is 4.08. The molecule has 0 aliphatic heterocycles. The number of benzene rings is 2. The fourth-order valence-electron chi connectivity index (χ4n) is 2.78. The molecule has 2 aromatic heterocycles.